The van der Waals surface area contributed by atoms with Crippen LogP contribution in [0.4, 0.5) is 0 Å². The van der Waals surface area contributed by atoms with E-state index in [4.69, 9.17) is 0 Å². The number of unbranched alkanes of at least 4 members (excludes halogenated alkanes) is 10. The Morgan fingerprint density at radius 2 is 0.895 bits per heavy atom. The first kappa shape index (κ1) is 28.5. The quantitative estimate of drug-likeness (QED) is 0.153. The van der Waals surface area contributed by atoms with Crippen molar-refractivity contribution in [3.63, 3.8) is 0 Å². The average Bonchev–Trinajstić information content (AvgIpc) is 3.55. The zero-order valence-corrected chi connectivity index (χ0v) is 24.4. The zero-order valence-electron chi connectivity index (χ0n) is 23.6. The molecule has 1 aliphatic rings. The van der Waals surface area contributed by atoms with Crippen LogP contribution in [0.15, 0.2) is 72.8 Å². The third-order valence-electron chi connectivity index (χ3n) is 8.25. The Bertz CT molecular complexity index is 1130. The lowest BCUT2D eigenvalue weighted by atomic mass is 9.70. The van der Waals surface area contributed by atoms with Gasteiger partial charge in [0, 0.05) is 5.41 Å². The number of benzene rings is 3. The van der Waals surface area contributed by atoms with Crippen LogP contribution >= 0.6 is 11.7 Å². The van der Waals surface area contributed by atoms with Crippen molar-refractivity contribution < 1.29 is 0 Å². The van der Waals surface area contributed by atoms with E-state index in [1.165, 1.54) is 113 Å². The largest absolute Gasteiger partial charge is 0.173 e. The molecule has 2 nitrogen and oxygen atoms in total. The lowest BCUT2D eigenvalue weighted by molar-refractivity contribution is 0.398. The summed E-state index contributed by atoms with van der Waals surface area (Å²) >= 11 is 1.25. The smallest absolute Gasteiger partial charge is 0.104 e. The lowest BCUT2D eigenvalue weighted by Gasteiger charge is -2.33. The molecule has 0 bridgehead atoms. The van der Waals surface area contributed by atoms with E-state index < -0.39 is 0 Å². The summed E-state index contributed by atoms with van der Waals surface area (Å²) in [6, 6.07) is 26.4. The predicted octanol–water partition coefficient (Wildman–Crippen LogP) is 11.1. The molecule has 38 heavy (non-hydrogen) atoms. The highest BCUT2D eigenvalue weighted by molar-refractivity contribution is 7.00. The highest BCUT2D eigenvalue weighted by atomic mass is 32.1. The van der Waals surface area contributed by atoms with Crippen LogP contribution in [0.3, 0.4) is 0 Å². The molecule has 0 saturated carbocycles. The Labute approximate surface area is 235 Å². The van der Waals surface area contributed by atoms with Crippen LogP contribution in [-0.2, 0) is 5.41 Å². The molecule has 4 aromatic rings. The molecule has 0 spiro atoms. The van der Waals surface area contributed by atoms with Crippen molar-refractivity contribution in [3.8, 4) is 11.1 Å². The summed E-state index contributed by atoms with van der Waals surface area (Å²) < 4.78 is 8.10. The second-order valence-corrected chi connectivity index (χ2v) is 11.5. The maximum Gasteiger partial charge on any atom is 0.104 e. The predicted molar refractivity (Wildman–Crippen MR) is 166 cm³/mol. The SMILES string of the molecule is CCCCCCCCC1(CCCCCCCC)c2ccccc2-c2ccccc21.c1ccc2nsnc2c1. The third-order valence-corrected chi connectivity index (χ3v) is 8.81. The Balaban J connectivity index is 0.000000311. The molecule has 0 amide bonds. The van der Waals surface area contributed by atoms with E-state index in [1.54, 1.807) is 11.1 Å². The van der Waals surface area contributed by atoms with Gasteiger partial charge in [0.15, 0.2) is 0 Å². The average molecular weight is 527 g/mol. The lowest BCUT2D eigenvalue weighted by Crippen LogP contribution is -2.25. The van der Waals surface area contributed by atoms with Crippen LogP contribution in [0.2, 0.25) is 0 Å². The molecule has 5 rings (SSSR count). The van der Waals surface area contributed by atoms with Crippen molar-refractivity contribution in [2.45, 2.75) is 109 Å². The fraction of sp³-hybridized carbons (Fsp3) is 0.486. The van der Waals surface area contributed by atoms with Crippen LogP contribution in [0, 0.1) is 0 Å². The molecule has 3 aromatic carbocycles. The van der Waals surface area contributed by atoms with Gasteiger partial charge in [-0.15, -0.1) is 0 Å². The minimum atomic E-state index is 0.253. The van der Waals surface area contributed by atoms with E-state index in [0.717, 1.165) is 11.0 Å². The Morgan fingerprint density at radius 3 is 1.37 bits per heavy atom. The second-order valence-electron chi connectivity index (χ2n) is 11.0. The minimum absolute atomic E-state index is 0.253. The van der Waals surface area contributed by atoms with Crippen LogP contribution in [0.25, 0.3) is 22.2 Å². The molecular formula is C35H46N2S. The van der Waals surface area contributed by atoms with Crippen molar-refractivity contribution >= 4 is 22.8 Å². The van der Waals surface area contributed by atoms with Gasteiger partial charge < -0.3 is 0 Å². The van der Waals surface area contributed by atoms with Crippen LogP contribution < -0.4 is 0 Å². The van der Waals surface area contributed by atoms with E-state index in [1.807, 2.05) is 24.3 Å². The monoisotopic (exact) mass is 526 g/mol. The van der Waals surface area contributed by atoms with Crippen molar-refractivity contribution in [3.05, 3.63) is 83.9 Å². The van der Waals surface area contributed by atoms with Crippen molar-refractivity contribution in [2.75, 3.05) is 0 Å². The summed E-state index contributed by atoms with van der Waals surface area (Å²) in [5.41, 5.74) is 8.46. The maximum absolute atomic E-state index is 4.05. The Kier molecular flexibility index (Phi) is 11.4. The van der Waals surface area contributed by atoms with Gasteiger partial charge in [-0.1, -0.05) is 152 Å². The van der Waals surface area contributed by atoms with Crippen LogP contribution in [0.5, 0.6) is 0 Å². The van der Waals surface area contributed by atoms with Crippen LogP contribution in [-0.4, -0.2) is 8.75 Å². The molecule has 0 N–H and O–H groups in total. The Morgan fingerprint density at radius 1 is 0.500 bits per heavy atom. The van der Waals surface area contributed by atoms with Gasteiger partial charge >= 0.3 is 0 Å². The van der Waals surface area contributed by atoms with Crippen molar-refractivity contribution in [2.24, 2.45) is 0 Å². The number of aromatic nitrogens is 2. The first-order valence-corrected chi connectivity index (χ1v) is 15.9. The van der Waals surface area contributed by atoms with Gasteiger partial charge in [0.1, 0.15) is 11.0 Å². The molecule has 202 valence electrons. The van der Waals surface area contributed by atoms with E-state index >= 15 is 0 Å². The highest BCUT2D eigenvalue weighted by Crippen LogP contribution is 2.54. The molecule has 0 radical (unpaired) electrons. The normalized spacial score (nSPS) is 13.1. The molecule has 1 aliphatic carbocycles. The molecule has 1 heterocycles. The van der Waals surface area contributed by atoms with E-state index in [2.05, 4.69) is 71.1 Å². The van der Waals surface area contributed by atoms with Crippen molar-refractivity contribution in [1.82, 2.24) is 8.75 Å². The van der Waals surface area contributed by atoms with Gasteiger partial charge in [0.2, 0.25) is 0 Å². The number of rotatable bonds is 14. The number of hydrogen-bond donors (Lipinski definition) is 0. The molecule has 0 fully saturated rings. The molecule has 3 heteroatoms. The van der Waals surface area contributed by atoms with Gasteiger partial charge in [-0.05, 0) is 47.2 Å². The standard InChI is InChI=1S/C29H42.C6H4N2S/c1-3-5-7-9-11-17-23-29(24-18-12-10-8-6-4-2)27-21-15-13-19-25(27)26-20-14-16-22-28(26)29;1-2-4-6-5(3-1)7-9-8-6/h13-16,19-22H,3-12,17-18,23-24H2,1-2H3;1-4H. The summed E-state index contributed by atoms with van der Waals surface area (Å²) in [6.45, 7) is 4.61. The fourth-order valence-electron chi connectivity index (χ4n) is 6.22. The minimum Gasteiger partial charge on any atom is -0.173 e. The van der Waals surface area contributed by atoms with Gasteiger partial charge in [-0.2, -0.15) is 8.75 Å². The fourth-order valence-corrected chi connectivity index (χ4v) is 6.75. The summed E-state index contributed by atoms with van der Waals surface area (Å²) in [5.74, 6) is 0. The molecule has 0 aliphatic heterocycles. The first-order chi connectivity index (χ1) is 18.8. The summed E-state index contributed by atoms with van der Waals surface area (Å²) in [4.78, 5) is 0. The van der Waals surface area contributed by atoms with Crippen LogP contribution in [0.1, 0.15) is 115 Å². The molecule has 0 atom stereocenters. The summed E-state index contributed by atoms with van der Waals surface area (Å²) in [7, 11) is 0. The third kappa shape index (κ3) is 7.11. The van der Waals surface area contributed by atoms with Gasteiger partial charge in [-0.25, -0.2) is 0 Å². The highest BCUT2D eigenvalue weighted by Gasteiger charge is 2.41. The van der Waals surface area contributed by atoms with Crippen molar-refractivity contribution in [1.29, 1.82) is 0 Å². The molecule has 0 unspecified atom stereocenters. The number of nitrogens with zero attached hydrogens (tertiary/aromatic N) is 2. The number of fused-ring (bicyclic) bond motifs is 4. The summed E-state index contributed by atoms with van der Waals surface area (Å²) in [6.07, 6.45) is 19.3. The first-order valence-electron chi connectivity index (χ1n) is 15.2. The summed E-state index contributed by atoms with van der Waals surface area (Å²) in [5, 5.41) is 0. The van der Waals surface area contributed by atoms with E-state index in [0.29, 0.717) is 0 Å². The van der Waals surface area contributed by atoms with Gasteiger partial charge in [0.05, 0.1) is 11.7 Å². The van der Waals surface area contributed by atoms with Gasteiger partial charge in [-0.3, -0.25) is 0 Å². The Hall–Kier alpha value is -2.52. The van der Waals surface area contributed by atoms with Gasteiger partial charge in [0.25, 0.3) is 0 Å². The maximum atomic E-state index is 4.05. The molecular weight excluding hydrogens is 480 g/mol. The number of hydrogen-bond acceptors (Lipinski definition) is 3. The van der Waals surface area contributed by atoms with E-state index in [9.17, 15) is 0 Å². The molecule has 0 saturated heterocycles. The topological polar surface area (TPSA) is 25.8 Å². The molecule has 1 aromatic heterocycles. The second kappa shape index (κ2) is 15.2. The van der Waals surface area contributed by atoms with E-state index in [-0.39, 0.29) is 5.41 Å². The zero-order chi connectivity index (χ0) is 26.5.